The average Bonchev–Trinajstić information content (AvgIpc) is 3.02. The van der Waals surface area contributed by atoms with Crippen molar-refractivity contribution in [3.63, 3.8) is 0 Å². The van der Waals surface area contributed by atoms with Crippen LogP contribution in [0.4, 0.5) is 8.78 Å². The van der Waals surface area contributed by atoms with Crippen LogP contribution in [0.25, 0.3) is 10.6 Å². The Morgan fingerprint density at radius 2 is 1.79 bits per heavy atom. The molecule has 0 bridgehead atoms. The zero-order valence-corrected chi connectivity index (χ0v) is 13.6. The van der Waals surface area contributed by atoms with Crippen LogP contribution in [0.2, 0.25) is 0 Å². The second kappa shape index (κ2) is 6.88. The normalized spacial score (nSPS) is 10.6. The van der Waals surface area contributed by atoms with E-state index in [1.807, 2.05) is 31.2 Å². The highest BCUT2D eigenvalue weighted by molar-refractivity contribution is 7.13. The zero-order valence-electron chi connectivity index (χ0n) is 12.8. The first-order valence-corrected chi connectivity index (χ1v) is 8.05. The van der Waals surface area contributed by atoms with Crippen molar-refractivity contribution in [1.82, 2.24) is 4.98 Å². The minimum absolute atomic E-state index is 0.144. The molecule has 3 nitrogen and oxygen atoms in total. The van der Waals surface area contributed by atoms with Crippen molar-refractivity contribution in [3.8, 4) is 10.6 Å². The monoisotopic (exact) mass is 345 g/mol. The van der Waals surface area contributed by atoms with Crippen LogP contribution in [0.1, 0.15) is 21.6 Å². The smallest absolute Gasteiger partial charge is 0.344 e. The van der Waals surface area contributed by atoms with E-state index in [1.54, 1.807) is 5.38 Å². The Kier molecular flexibility index (Phi) is 4.66. The number of hydrogen-bond acceptors (Lipinski definition) is 4. The van der Waals surface area contributed by atoms with Gasteiger partial charge in [0.05, 0.1) is 5.69 Å². The summed E-state index contributed by atoms with van der Waals surface area (Å²) in [6, 6.07) is 11.1. The SMILES string of the molecule is Cc1ccc(-c2nc(COC(=O)c3c(F)cccc3F)cs2)cc1. The number of carbonyl (C=O) groups excluding carboxylic acids is 1. The van der Waals surface area contributed by atoms with Crippen LogP contribution in [0.5, 0.6) is 0 Å². The summed E-state index contributed by atoms with van der Waals surface area (Å²) in [6.07, 6.45) is 0. The lowest BCUT2D eigenvalue weighted by Crippen LogP contribution is -2.10. The summed E-state index contributed by atoms with van der Waals surface area (Å²) in [4.78, 5) is 16.2. The molecule has 0 radical (unpaired) electrons. The maximum atomic E-state index is 13.5. The van der Waals surface area contributed by atoms with Crippen LogP contribution in [-0.2, 0) is 11.3 Å². The van der Waals surface area contributed by atoms with E-state index in [0.717, 1.165) is 28.3 Å². The fourth-order valence-corrected chi connectivity index (χ4v) is 2.92. The molecule has 0 unspecified atom stereocenters. The highest BCUT2D eigenvalue weighted by atomic mass is 32.1. The number of aromatic nitrogens is 1. The summed E-state index contributed by atoms with van der Waals surface area (Å²) in [5.41, 5.74) is 1.95. The van der Waals surface area contributed by atoms with Gasteiger partial charge in [-0.1, -0.05) is 35.9 Å². The standard InChI is InChI=1S/C18H13F2NO2S/c1-11-5-7-12(8-6-11)17-21-13(10-24-17)9-23-18(22)16-14(19)3-2-4-15(16)20/h2-8,10H,9H2,1H3. The molecule has 0 N–H and O–H groups in total. The molecule has 122 valence electrons. The van der Waals surface area contributed by atoms with Crippen molar-refractivity contribution in [2.45, 2.75) is 13.5 Å². The molecule has 3 rings (SSSR count). The van der Waals surface area contributed by atoms with Crippen molar-refractivity contribution in [2.75, 3.05) is 0 Å². The largest absolute Gasteiger partial charge is 0.455 e. The number of ether oxygens (including phenoxy) is 1. The van der Waals surface area contributed by atoms with E-state index in [2.05, 4.69) is 4.98 Å². The molecule has 24 heavy (non-hydrogen) atoms. The van der Waals surface area contributed by atoms with Gasteiger partial charge in [-0.3, -0.25) is 0 Å². The van der Waals surface area contributed by atoms with E-state index in [-0.39, 0.29) is 6.61 Å². The summed E-state index contributed by atoms with van der Waals surface area (Å²) in [6.45, 7) is 1.85. The fourth-order valence-electron chi connectivity index (χ4n) is 2.11. The molecule has 0 amide bonds. The third-order valence-electron chi connectivity index (χ3n) is 3.37. The molecule has 6 heteroatoms. The van der Waals surface area contributed by atoms with Gasteiger partial charge in [0.15, 0.2) is 0 Å². The highest BCUT2D eigenvalue weighted by Crippen LogP contribution is 2.24. The van der Waals surface area contributed by atoms with Gasteiger partial charge in [-0.05, 0) is 19.1 Å². The Hall–Kier alpha value is -2.60. The molecule has 3 aromatic rings. The van der Waals surface area contributed by atoms with Crippen molar-refractivity contribution in [1.29, 1.82) is 0 Å². The van der Waals surface area contributed by atoms with Crippen molar-refractivity contribution in [3.05, 3.63) is 76.3 Å². The summed E-state index contributed by atoms with van der Waals surface area (Å²) in [5.74, 6) is -2.94. The molecule has 0 spiro atoms. The van der Waals surface area contributed by atoms with Crippen molar-refractivity contribution in [2.24, 2.45) is 0 Å². The van der Waals surface area contributed by atoms with E-state index in [4.69, 9.17) is 4.74 Å². The molecule has 2 aromatic carbocycles. The summed E-state index contributed by atoms with van der Waals surface area (Å²) < 4.78 is 32.0. The molecule has 0 aliphatic heterocycles. The summed E-state index contributed by atoms with van der Waals surface area (Å²) >= 11 is 1.41. The second-order valence-electron chi connectivity index (χ2n) is 5.18. The van der Waals surface area contributed by atoms with Crippen molar-refractivity contribution < 1.29 is 18.3 Å². The van der Waals surface area contributed by atoms with Crippen LogP contribution in [0.15, 0.2) is 47.8 Å². The van der Waals surface area contributed by atoms with Gasteiger partial charge in [0.25, 0.3) is 0 Å². The predicted molar refractivity (Wildman–Crippen MR) is 87.8 cm³/mol. The number of nitrogens with zero attached hydrogens (tertiary/aromatic N) is 1. The first kappa shape index (κ1) is 16.3. The van der Waals surface area contributed by atoms with Gasteiger partial charge in [0, 0.05) is 10.9 Å². The van der Waals surface area contributed by atoms with Crippen LogP contribution in [0, 0.1) is 18.6 Å². The third kappa shape index (κ3) is 3.49. The van der Waals surface area contributed by atoms with Crippen LogP contribution >= 0.6 is 11.3 Å². The third-order valence-corrected chi connectivity index (χ3v) is 4.31. The molecule has 0 aliphatic carbocycles. The number of esters is 1. The molecule has 0 saturated carbocycles. The first-order valence-electron chi connectivity index (χ1n) is 7.17. The van der Waals surface area contributed by atoms with Gasteiger partial charge in [-0.25, -0.2) is 18.6 Å². The number of rotatable bonds is 4. The Morgan fingerprint density at radius 3 is 2.46 bits per heavy atom. The molecule has 1 aromatic heterocycles. The molecule has 0 atom stereocenters. The van der Waals surface area contributed by atoms with Crippen LogP contribution in [-0.4, -0.2) is 11.0 Å². The number of aryl methyl sites for hydroxylation is 1. The van der Waals surface area contributed by atoms with Gasteiger partial charge in [-0.2, -0.15) is 0 Å². The Labute approximate surface area is 141 Å². The average molecular weight is 345 g/mol. The lowest BCUT2D eigenvalue weighted by atomic mass is 10.2. The lowest BCUT2D eigenvalue weighted by molar-refractivity contribution is 0.0457. The molecular formula is C18H13F2NO2S. The number of carbonyl (C=O) groups is 1. The molecule has 0 aliphatic rings. The summed E-state index contributed by atoms with van der Waals surface area (Å²) in [7, 11) is 0. The topological polar surface area (TPSA) is 39.2 Å². The fraction of sp³-hybridized carbons (Fsp3) is 0.111. The number of halogens is 2. The Balaban J connectivity index is 1.69. The Morgan fingerprint density at radius 1 is 1.12 bits per heavy atom. The minimum Gasteiger partial charge on any atom is -0.455 e. The molecule has 1 heterocycles. The van der Waals surface area contributed by atoms with Gasteiger partial charge in [0.2, 0.25) is 0 Å². The van der Waals surface area contributed by atoms with Gasteiger partial charge in [-0.15, -0.1) is 11.3 Å². The summed E-state index contributed by atoms with van der Waals surface area (Å²) in [5, 5.41) is 2.54. The molecular weight excluding hydrogens is 332 g/mol. The Bertz CT molecular complexity index is 855. The molecule has 0 saturated heterocycles. The molecule has 0 fully saturated rings. The van der Waals surface area contributed by atoms with E-state index < -0.39 is 23.2 Å². The second-order valence-corrected chi connectivity index (χ2v) is 6.04. The van der Waals surface area contributed by atoms with Gasteiger partial charge in [0.1, 0.15) is 28.8 Å². The van der Waals surface area contributed by atoms with Crippen LogP contribution in [0.3, 0.4) is 0 Å². The minimum atomic E-state index is -1.05. The maximum Gasteiger partial charge on any atom is 0.344 e. The van der Waals surface area contributed by atoms with E-state index in [1.165, 1.54) is 17.4 Å². The highest BCUT2D eigenvalue weighted by Gasteiger charge is 2.19. The first-order chi connectivity index (χ1) is 11.5. The number of hydrogen-bond donors (Lipinski definition) is 0. The van der Waals surface area contributed by atoms with E-state index >= 15 is 0 Å². The quantitative estimate of drug-likeness (QED) is 0.640. The zero-order chi connectivity index (χ0) is 17.1. The lowest BCUT2D eigenvalue weighted by Gasteiger charge is -2.05. The maximum absolute atomic E-state index is 13.5. The van der Waals surface area contributed by atoms with Crippen LogP contribution < -0.4 is 0 Å². The van der Waals surface area contributed by atoms with E-state index in [0.29, 0.717) is 5.69 Å². The number of thiazole rings is 1. The van der Waals surface area contributed by atoms with Crippen molar-refractivity contribution >= 4 is 17.3 Å². The van der Waals surface area contributed by atoms with E-state index in [9.17, 15) is 13.6 Å². The predicted octanol–water partition coefficient (Wildman–Crippen LogP) is 4.75. The number of benzene rings is 2. The van der Waals surface area contributed by atoms with Gasteiger partial charge >= 0.3 is 5.97 Å². The van der Waals surface area contributed by atoms with Gasteiger partial charge < -0.3 is 4.74 Å².